The number of carboxylic acid groups (broad SMARTS) is 1. The van der Waals surface area contributed by atoms with Crippen molar-refractivity contribution >= 4 is 46.7 Å². The maximum Gasteiger partial charge on any atom is 0.303 e. The fourth-order valence-electron chi connectivity index (χ4n) is 2.23. The molecule has 0 bridgehead atoms. The van der Waals surface area contributed by atoms with Crippen molar-refractivity contribution in [1.82, 2.24) is 4.90 Å². The first kappa shape index (κ1) is 21.3. The highest BCUT2D eigenvalue weighted by molar-refractivity contribution is 6.35. The topological polar surface area (TPSA) is 86.7 Å². The standard InChI is InChI=1S/C17H22Cl2N2O4/c1-2-9-21(16(23)5-3-4-6-17(24)25)11-15(22)20-14-10-12(18)7-8-13(14)19/h7-8,10H,2-6,9,11H2,1H3,(H,20,22)(H,24,25). The van der Waals surface area contributed by atoms with Crippen LogP contribution < -0.4 is 5.32 Å². The second-order valence-corrected chi connectivity index (χ2v) is 6.43. The minimum atomic E-state index is -0.879. The number of anilines is 1. The van der Waals surface area contributed by atoms with Crippen molar-refractivity contribution in [3.05, 3.63) is 28.2 Å². The van der Waals surface area contributed by atoms with Crippen LogP contribution in [-0.4, -0.2) is 40.9 Å². The summed E-state index contributed by atoms with van der Waals surface area (Å²) in [5.41, 5.74) is 0.393. The summed E-state index contributed by atoms with van der Waals surface area (Å²) in [6.45, 7) is 2.28. The average molecular weight is 389 g/mol. The van der Waals surface area contributed by atoms with Crippen LogP contribution in [0.15, 0.2) is 18.2 Å². The van der Waals surface area contributed by atoms with E-state index in [1.807, 2.05) is 6.92 Å². The van der Waals surface area contributed by atoms with E-state index in [2.05, 4.69) is 5.32 Å². The van der Waals surface area contributed by atoms with Crippen molar-refractivity contribution in [3.8, 4) is 0 Å². The molecular weight excluding hydrogens is 367 g/mol. The molecule has 0 atom stereocenters. The summed E-state index contributed by atoms with van der Waals surface area (Å²) in [5.74, 6) is -1.41. The lowest BCUT2D eigenvalue weighted by molar-refractivity contribution is -0.137. The summed E-state index contributed by atoms with van der Waals surface area (Å²) < 4.78 is 0. The summed E-state index contributed by atoms with van der Waals surface area (Å²) in [5, 5.41) is 12.1. The second kappa shape index (κ2) is 10.9. The van der Waals surface area contributed by atoms with Crippen LogP contribution in [0.3, 0.4) is 0 Å². The van der Waals surface area contributed by atoms with Crippen molar-refractivity contribution in [1.29, 1.82) is 0 Å². The maximum atomic E-state index is 12.2. The zero-order valence-electron chi connectivity index (χ0n) is 14.1. The molecule has 0 heterocycles. The van der Waals surface area contributed by atoms with E-state index in [0.717, 1.165) is 0 Å². The number of carboxylic acids is 1. The number of carbonyl (C=O) groups is 3. The molecule has 0 aliphatic heterocycles. The fraction of sp³-hybridized carbons (Fsp3) is 0.471. The van der Waals surface area contributed by atoms with Crippen LogP contribution in [0.25, 0.3) is 0 Å². The molecule has 138 valence electrons. The Kier molecular flexibility index (Phi) is 9.31. The Bertz CT molecular complexity index is 623. The number of hydrogen-bond acceptors (Lipinski definition) is 3. The molecule has 0 saturated heterocycles. The molecule has 0 radical (unpaired) electrons. The summed E-state index contributed by atoms with van der Waals surface area (Å²) in [4.78, 5) is 36.4. The van der Waals surface area contributed by atoms with Gasteiger partial charge in [0, 0.05) is 24.4 Å². The highest BCUT2D eigenvalue weighted by Gasteiger charge is 2.17. The highest BCUT2D eigenvalue weighted by Crippen LogP contribution is 2.25. The summed E-state index contributed by atoms with van der Waals surface area (Å²) in [7, 11) is 0. The minimum absolute atomic E-state index is 0.0365. The smallest absolute Gasteiger partial charge is 0.303 e. The zero-order chi connectivity index (χ0) is 18.8. The van der Waals surface area contributed by atoms with Crippen LogP contribution in [-0.2, 0) is 14.4 Å². The first-order valence-corrected chi connectivity index (χ1v) is 8.83. The van der Waals surface area contributed by atoms with Crippen molar-refractivity contribution in [2.45, 2.75) is 39.0 Å². The van der Waals surface area contributed by atoms with E-state index in [1.165, 1.54) is 4.90 Å². The Balaban J connectivity index is 2.57. The van der Waals surface area contributed by atoms with Crippen molar-refractivity contribution in [3.63, 3.8) is 0 Å². The van der Waals surface area contributed by atoms with Gasteiger partial charge >= 0.3 is 5.97 Å². The van der Waals surface area contributed by atoms with Crippen LogP contribution >= 0.6 is 23.2 Å². The average Bonchev–Trinajstić information content (AvgIpc) is 2.54. The predicted octanol–water partition coefficient (Wildman–Crippen LogP) is 3.82. The zero-order valence-corrected chi connectivity index (χ0v) is 15.6. The van der Waals surface area contributed by atoms with Gasteiger partial charge in [0.05, 0.1) is 17.3 Å². The number of nitrogens with one attached hydrogen (secondary N) is 1. The molecule has 2 amide bonds. The largest absolute Gasteiger partial charge is 0.481 e. The van der Waals surface area contributed by atoms with Gasteiger partial charge < -0.3 is 15.3 Å². The maximum absolute atomic E-state index is 12.2. The van der Waals surface area contributed by atoms with E-state index >= 15 is 0 Å². The predicted molar refractivity (Wildman–Crippen MR) is 98.1 cm³/mol. The molecule has 1 aromatic carbocycles. The molecule has 0 unspecified atom stereocenters. The van der Waals surface area contributed by atoms with Gasteiger partial charge in [-0.1, -0.05) is 30.1 Å². The van der Waals surface area contributed by atoms with Crippen LogP contribution in [0, 0.1) is 0 Å². The molecule has 0 aliphatic carbocycles. The van der Waals surface area contributed by atoms with Gasteiger partial charge in [-0.2, -0.15) is 0 Å². The van der Waals surface area contributed by atoms with E-state index in [-0.39, 0.29) is 31.2 Å². The molecule has 1 aromatic rings. The van der Waals surface area contributed by atoms with E-state index in [4.69, 9.17) is 28.3 Å². The minimum Gasteiger partial charge on any atom is -0.481 e. The van der Waals surface area contributed by atoms with Gasteiger partial charge in [-0.3, -0.25) is 14.4 Å². The fourth-order valence-corrected chi connectivity index (χ4v) is 2.57. The van der Waals surface area contributed by atoms with Gasteiger partial charge in [0.25, 0.3) is 0 Å². The number of aliphatic carboxylic acids is 1. The number of hydrogen-bond donors (Lipinski definition) is 2. The Morgan fingerprint density at radius 1 is 1.16 bits per heavy atom. The van der Waals surface area contributed by atoms with Gasteiger partial charge in [-0.15, -0.1) is 0 Å². The Morgan fingerprint density at radius 3 is 2.48 bits per heavy atom. The van der Waals surface area contributed by atoms with Crippen LogP contribution in [0.1, 0.15) is 39.0 Å². The summed E-state index contributed by atoms with van der Waals surface area (Å²) in [6, 6.07) is 4.74. The first-order valence-electron chi connectivity index (χ1n) is 8.08. The van der Waals surface area contributed by atoms with Gasteiger partial charge in [0.2, 0.25) is 11.8 Å². The quantitative estimate of drug-likeness (QED) is 0.596. The van der Waals surface area contributed by atoms with Gasteiger partial charge in [-0.05, 0) is 37.5 Å². The second-order valence-electron chi connectivity index (χ2n) is 5.59. The number of carbonyl (C=O) groups excluding carboxylic acids is 2. The lowest BCUT2D eigenvalue weighted by atomic mass is 10.1. The molecular formula is C17H22Cl2N2O4. The van der Waals surface area contributed by atoms with E-state index in [9.17, 15) is 14.4 Å². The normalized spacial score (nSPS) is 10.4. The lowest BCUT2D eigenvalue weighted by Crippen LogP contribution is -2.38. The molecule has 1 rings (SSSR count). The number of benzene rings is 1. The number of amides is 2. The molecule has 6 nitrogen and oxygen atoms in total. The molecule has 0 aliphatic rings. The van der Waals surface area contributed by atoms with Crippen molar-refractivity contribution in [2.24, 2.45) is 0 Å². The first-order chi connectivity index (χ1) is 11.8. The molecule has 0 aromatic heterocycles. The summed E-state index contributed by atoms with van der Waals surface area (Å²) in [6.07, 6.45) is 1.89. The van der Waals surface area contributed by atoms with Gasteiger partial charge in [0.1, 0.15) is 0 Å². The number of halogens is 2. The number of nitrogens with zero attached hydrogens (tertiary/aromatic N) is 1. The van der Waals surface area contributed by atoms with E-state index < -0.39 is 5.97 Å². The van der Waals surface area contributed by atoms with Crippen LogP contribution in [0.2, 0.25) is 10.0 Å². The highest BCUT2D eigenvalue weighted by atomic mass is 35.5. The molecule has 8 heteroatoms. The summed E-state index contributed by atoms with van der Waals surface area (Å²) >= 11 is 11.9. The number of rotatable bonds is 10. The molecule has 0 fully saturated rings. The van der Waals surface area contributed by atoms with E-state index in [1.54, 1.807) is 18.2 Å². The third kappa shape index (κ3) is 8.23. The molecule has 0 saturated carbocycles. The van der Waals surface area contributed by atoms with Crippen LogP contribution in [0.5, 0.6) is 0 Å². The third-order valence-corrected chi connectivity index (χ3v) is 3.98. The SMILES string of the molecule is CCCN(CC(=O)Nc1cc(Cl)ccc1Cl)C(=O)CCCCC(=O)O. The van der Waals surface area contributed by atoms with Gasteiger partial charge in [0.15, 0.2) is 0 Å². The third-order valence-electron chi connectivity index (χ3n) is 3.41. The lowest BCUT2D eigenvalue weighted by Gasteiger charge is -2.22. The molecule has 0 spiro atoms. The van der Waals surface area contributed by atoms with Crippen molar-refractivity contribution < 1.29 is 19.5 Å². The Morgan fingerprint density at radius 2 is 1.84 bits per heavy atom. The van der Waals surface area contributed by atoms with Gasteiger partial charge in [-0.25, -0.2) is 0 Å². The van der Waals surface area contributed by atoms with Crippen LogP contribution in [0.4, 0.5) is 5.69 Å². The van der Waals surface area contributed by atoms with E-state index in [0.29, 0.717) is 41.5 Å². The number of unbranched alkanes of at least 4 members (excludes halogenated alkanes) is 1. The monoisotopic (exact) mass is 388 g/mol. The Hall–Kier alpha value is -1.79. The van der Waals surface area contributed by atoms with Crippen molar-refractivity contribution in [2.75, 3.05) is 18.4 Å². The molecule has 2 N–H and O–H groups in total. The Labute approximate surface area is 157 Å². The molecule has 25 heavy (non-hydrogen) atoms.